The molecule has 0 amide bonds. The van der Waals surface area contributed by atoms with Crippen molar-refractivity contribution in [1.29, 1.82) is 0 Å². The fourth-order valence-electron chi connectivity index (χ4n) is 6.84. The molecular weight excluding hydrogens is 617 g/mol. The molecule has 0 spiro atoms. The van der Waals surface area contributed by atoms with Crippen molar-refractivity contribution in [3.8, 4) is 39.1 Å². The van der Waals surface area contributed by atoms with Crippen LogP contribution in [0.4, 0.5) is 0 Å². The third kappa shape index (κ3) is 5.18. The van der Waals surface area contributed by atoms with Crippen LogP contribution in [0.2, 0.25) is 0 Å². The van der Waals surface area contributed by atoms with Gasteiger partial charge >= 0.3 is 0 Å². The summed E-state index contributed by atoms with van der Waals surface area (Å²) in [6.45, 7) is 4.21. The molecular formula is C44H34N4O2. The quantitative estimate of drug-likeness (QED) is 0.177. The molecule has 1 aliphatic rings. The molecule has 1 aliphatic heterocycles. The molecule has 0 radical (unpaired) electrons. The summed E-state index contributed by atoms with van der Waals surface area (Å²) in [6.07, 6.45) is 4.16. The van der Waals surface area contributed by atoms with Crippen molar-refractivity contribution >= 4 is 56.4 Å². The summed E-state index contributed by atoms with van der Waals surface area (Å²) in [4.78, 5) is 16.3. The van der Waals surface area contributed by atoms with Crippen LogP contribution in [0.5, 0.6) is 5.75 Å². The summed E-state index contributed by atoms with van der Waals surface area (Å²) in [6, 6.07) is 42.2. The van der Waals surface area contributed by atoms with Crippen molar-refractivity contribution in [3.63, 3.8) is 0 Å². The van der Waals surface area contributed by atoms with Crippen LogP contribution in [0.1, 0.15) is 22.5 Å². The number of hydrogen-bond acceptors (Lipinski definition) is 3. The Morgan fingerprint density at radius 1 is 0.440 bits per heavy atom. The van der Waals surface area contributed by atoms with Crippen LogP contribution in [-0.4, -0.2) is 27.0 Å². The molecule has 50 heavy (non-hydrogen) atoms. The lowest BCUT2D eigenvalue weighted by atomic mass is 10.0. The van der Waals surface area contributed by atoms with E-state index in [1.807, 2.05) is 12.1 Å². The summed E-state index contributed by atoms with van der Waals surface area (Å²) >= 11 is 0. The largest absolute Gasteiger partial charge is 0.497 e. The van der Waals surface area contributed by atoms with Crippen molar-refractivity contribution in [2.75, 3.05) is 7.11 Å². The molecule has 0 unspecified atom stereocenters. The van der Waals surface area contributed by atoms with Crippen LogP contribution in [0.3, 0.4) is 0 Å². The van der Waals surface area contributed by atoms with Crippen molar-refractivity contribution in [2.24, 2.45) is 0 Å². The minimum atomic E-state index is 0.773. The van der Waals surface area contributed by atoms with Crippen molar-refractivity contribution in [1.82, 2.24) is 19.9 Å². The molecule has 0 atom stereocenters. The van der Waals surface area contributed by atoms with E-state index in [0.29, 0.717) is 0 Å². The van der Waals surface area contributed by atoms with E-state index in [2.05, 4.69) is 150 Å². The third-order valence-electron chi connectivity index (χ3n) is 9.49. The molecule has 3 aromatic carbocycles. The molecule has 10 bridgehead atoms. The third-order valence-corrected chi connectivity index (χ3v) is 9.49. The Labute approximate surface area is 288 Å². The number of methoxy groups -OCH3 is 1. The van der Waals surface area contributed by atoms with Gasteiger partial charge in [0, 0.05) is 22.2 Å². The van der Waals surface area contributed by atoms with Crippen molar-refractivity contribution < 1.29 is 9.15 Å². The van der Waals surface area contributed by atoms with Crippen molar-refractivity contribution in [3.05, 3.63) is 144 Å². The molecule has 8 aromatic rings. The van der Waals surface area contributed by atoms with E-state index in [4.69, 9.17) is 14.1 Å². The number of aryl methyl sites for hydroxylation is 2. The van der Waals surface area contributed by atoms with Gasteiger partial charge in [0.15, 0.2) is 0 Å². The van der Waals surface area contributed by atoms with Crippen LogP contribution in [0.15, 0.2) is 126 Å². The second-order valence-electron chi connectivity index (χ2n) is 12.8. The molecule has 6 nitrogen and oxygen atoms in total. The van der Waals surface area contributed by atoms with Gasteiger partial charge in [0.1, 0.15) is 16.9 Å². The lowest BCUT2D eigenvalue weighted by molar-refractivity contribution is 0.415. The highest BCUT2D eigenvalue weighted by atomic mass is 16.5. The maximum absolute atomic E-state index is 6.84. The number of aromatic amines is 3. The maximum Gasteiger partial charge on any atom is 0.137 e. The minimum Gasteiger partial charge on any atom is -0.497 e. The van der Waals surface area contributed by atoms with Gasteiger partial charge in [-0.25, -0.2) is 4.98 Å². The van der Waals surface area contributed by atoms with Crippen LogP contribution >= 0.6 is 0 Å². The second-order valence-corrected chi connectivity index (χ2v) is 12.8. The number of nitrogens with zero attached hydrogens (tertiary/aromatic N) is 1. The first-order valence-corrected chi connectivity index (χ1v) is 16.7. The van der Waals surface area contributed by atoms with E-state index < -0.39 is 0 Å². The second kappa shape index (κ2) is 11.9. The van der Waals surface area contributed by atoms with Gasteiger partial charge in [-0.2, -0.15) is 0 Å². The molecule has 6 heteroatoms. The van der Waals surface area contributed by atoms with Gasteiger partial charge in [-0.3, -0.25) is 0 Å². The van der Waals surface area contributed by atoms with Gasteiger partial charge in [-0.05, 0) is 103 Å². The predicted octanol–water partition coefficient (Wildman–Crippen LogP) is 11.6. The number of aromatic nitrogens is 4. The average Bonchev–Trinajstić information content (AvgIpc) is 3.98. The van der Waals surface area contributed by atoms with Crippen LogP contribution in [0.25, 0.3) is 89.8 Å². The zero-order valence-corrected chi connectivity index (χ0v) is 28.0. The number of furan rings is 1. The fraction of sp³-hybridized carbons (Fsp3) is 0.0682. The van der Waals surface area contributed by atoms with Gasteiger partial charge < -0.3 is 24.1 Å². The number of hydrogen-bond donors (Lipinski definition) is 3. The lowest BCUT2D eigenvalue weighted by Gasteiger charge is -2.05. The standard InChI is InChI=1S/C44H34N4O2/c1-26-4-8-29(9-5-26)43-38-22-18-34(47-38)32-16-20-36(45-32)42(28-12-14-31(49-3)15-13-28)37-21-17-33(46-37)35-19-23-39(48-35)44(41-25-24-40(43)50-41)30-10-6-27(2)7-11-30/h4-25,45,47-48H,1-3H3. The Hall–Kier alpha value is -6.53. The Kier molecular flexibility index (Phi) is 7.02. The topological polar surface area (TPSA) is 82.6 Å². The molecule has 242 valence electrons. The molecule has 0 saturated carbocycles. The fourth-order valence-corrected chi connectivity index (χ4v) is 6.84. The summed E-state index contributed by atoms with van der Waals surface area (Å²) in [5, 5.41) is 0. The van der Waals surface area contributed by atoms with Gasteiger partial charge in [-0.15, -0.1) is 0 Å². The molecule has 5 aromatic heterocycles. The van der Waals surface area contributed by atoms with E-state index >= 15 is 0 Å². The van der Waals surface area contributed by atoms with Crippen LogP contribution in [0, 0.1) is 13.8 Å². The molecule has 6 heterocycles. The Morgan fingerprint density at radius 2 is 0.860 bits per heavy atom. The Balaban J connectivity index is 1.42. The highest BCUT2D eigenvalue weighted by Gasteiger charge is 2.15. The van der Waals surface area contributed by atoms with E-state index in [-0.39, 0.29) is 0 Å². The smallest absolute Gasteiger partial charge is 0.137 e. The Bertz CT molecular complexity index is 2740. The predicted molar refractivity (Wildman–Crippen MR) is 206 cm³/mol. The van der Waals surface area contributed by atoms with E-state index in [1.165, 1.54) is 11.1 Å². The van der Waals surface area contributed by atoms with Gasteiger partial charge in [0.2, 0.25) is 0 Å². The first-order chi connectivity index (χ1) is 24.5. The minimum absolute atomic E-state index is 0.773. The summed E-state index contributed by atoms with van der Waals surface area (Å²) in [5.74, 6) is 0.806. The molecule has 0 saturated heterocycles. The number of fused-ring (bicyclic) bond motifs is 12. The van der Waals surface area contributed by atoms with E-state index in [1.54, 1.807) is 7.11 Å². The first kappa shape index (κ1) is 29.6. The summed E-state index contributed by atoms with van der Waals surface area (Å²) in [7, 11) is 1.68. The maximum atomic E-state index is 6.84. The highest BCUT2D eigenvalue weighted by Crippen LogP contribution is 2.36. The number of nitrogens with one attached hydrogen (secondary N) is 3. The number of benzene rings is 3. The summed E-state index contributed by atoms with van der Waals surface area (Å²) in [5.41, 5.74) is 17.6. The molecule has 0 fully saturated rings. The zero-order valence-electron chi connectivity index (χ0n) is 28.0. The average molecular weight is 651 g/mol. The summed E-state index contributed by atoms with van der Waals surface area (Å²) < 4.78 is 12.3. The van der Waals surface area contributed by atoms with Gasteiger partial charge in [-0.1, -0.05) is 71.8 Å². The first-order valence-electron chi connectivity index (χ1n) is 16.7. The zero-order chi connectivity index (χ0) is 33.8. The van der Waals surface area contributed by atoms with Crippen LogP contribution in [-0.2, 0) is 0 Å². The number of rotatable bonds is 4. The molecule has 3 N–H and O–H groups in total. The van der Waals surface area contributed by atoms with Crippen molar-refractivity contribution in [2.45, 2.75) is 13.8 Å². The number of ether oxygens (including phenoxy) is 1. The molecule has 9 rings (SSSR count). The monoisotopic (exact) mass is 650 g/mol. The number of H-pyrrole nitrogens is 3. The molecule has 0 aliphatic carbocycles. The highest BCUT2D eigenvalue weighted by molar-refractivity contribution is 5.99. The lowest BCUT2D eigenvalue weighted by Crippen LogP contribution is -1.87. The van der Waals surface area contributed by atoms with Gasteiger partial charge in [0.05, 0.1) is 46.1 Å². The van der Waals surface area contributed by atoms with E-state index in [9.17, 15) is 0 Å². The Morgan fingerprint density at radius 3 is 1.40 bits per heavy atom. The normalized spacial score (nSPS) is 11.8. The van der Waals surface area contributed by atoms with Crippen LogP contribution < -0.4 is 4.74 Å². The van der Waals surface area contributed by atoms with E-state index in [0.717, 1.165) is 94.8 Å². The van der Waals surface area contributed by atoms with Gasteiger partial charge in [0.25, 0.3) is 0 Å². The SMILES string of the molecule is COc1ccc(-c2c3nc(c4ccc([nH]4)c(-c4ccc(C)cc4)c4ccc(o4)c(-c4ccc(C)cc4)c4ccc([nH]4)c4ccc2[nH]4)C=C3)cc1.